The Morgan fingerprint density at radius 1 is 1.10 bits per heavy atom. The van der Waals surface area contributed by atoms with Crippen LogP contribution in [0.5, 0.6) is 0 Å². The number of carbonyl (C=O) groups excluding carboxylic acids is 2. The van der Waals surface area contributed by atoms with E-state index in [0.717, 1.165) is 44.2 Å². The van der Waals surface area contributed by atoms with Crippen LogP contribution in [0.1, 0.15) is 69.2 Å². The summed E-state index contributed by atoms with van der Waals surface area (Å²) in [7, 11) is -1.51. The zero-order valence-electron chi connectivity index (χ0n) is 19.1. The molecule has 0 saturated heterocycles. The van der Waals surface area contributed by atoms with Crippen molar-refractivity contribution < 1.29 is 18.5 Å². The van der Waals surface area contributed by atoms with Crippen molar-refractivity contribution >= 4 is 28.8 Å². The fourth-order valence-electron chi connectivity index (χ4n) is 4.35. The van der Waals surface area contributed by atoms with Crippen molar-refractivity contribution in [3.8, 4) is 0 Å². The average Bonchev–Trinajstić information content (AvgIpc) is 3.32. The molecule has 8 heteroatoms. The van der Waals surface area contributed by atoms with Crippen molar-refractivity contribution in [3.63, 3.8) is 0 Å². The maximum absolute atomic E-state index is 12.5. The van der Waals surface area contributed by atoms with Crippen LogP contribution in [-0.2, 0) is 41.4 Å². The van der Waals surface area contributed by atoms with E-state index in [-0.39, 0.29) is 11.8 Å². The lowest BCUT2D eigenvalue weighted by atomic mass is 9.99. The molecular weight excluding hydrogens is 414 g/mol. The maximum Gasteiger partial charge on any atom is 0.410 e. The van der Waals surface area contributed by atoms with E-state index >= 15 is 0 Å². The Hall–Kier alpha value is -2.09. The molecule has 2 aliphatic rings. The molecule has 2 N–H and O–H groups in total. The summed E-state index contributed by atoms with van der Waals surface area (Å²) in [6.07, 6.45) is 6.47. The van der Waals surface area contributed by atoms with Crippen molar-refractivity contribution in [2.45, 2.75) is 78.2 Å². The molecule has 3 rings (SSSR count). The maximum atomic E-state index is 12.5. The Morgan fingerprint density at radius 3 is 2.26 bits per heavy atom. The van der Waals surface area contributed by atoms with E-state index in [9.17, 15) is 13.8 Å². The topological polar surface area (TPSA) is 87.7 Å². The number of carbonyl (C=O) groups is 2. The quantitative estimate of drug-likeness (QED) is 0.656. The number of ether oxygens (including phenoxy) is 1. The molecule has 0 spiro atoms. The minimum atomic E-state index is -1.51. The molecule has 0 radical (unpaired) electrons. The first-order valence-corrected chi connectivity index (χ1v) is 12.6. The van der Waals surface area contributed by atoms with E-state index < -0.39 is 22.6 Å². The normalized spacial score (nSPS) is 15.7. The van der Waals surface area contributed by atoms with Crippen LogP contribution in [0.4, 0.5) is 15.3 Å². The largest absolute Gasteiger partial charge is 0.444 e. The number of urea groups is 1. The molecule has 0 fully saturated rings. The van der Waals surface area contributed by atoms with E-state index in [1.54, 1.807) is 4.90 Å². The van der Waals surface area contributed by atoms with Gasteiger partial charge in [-0.2, -0.15) is 0 Å². The van der Waals surface area contributed by atoms with Crippen molar-refractivity contribution in [2.24, 2.45) is 0 Å². The van der Waals surface area contributed by atoms with E-state index in [1.165, 1.54) is 22.3 Å². The number of benzene rings is 1. The number of nitrogens with zero attached hydrogens (tertiary/aromatic N) is 1. The van der Waals surface area contributed by atoms with E-state index in [2.05, 4.69) is 16.1 Å². The molecule has 1 aromatic rings. The van der Waals surface area contributed by atoms with Gasteiger partial charge in [-0.3, -0.25) is 4.72 Å². The number of amides is 3. The van der Waals surface area contributed by atoms with Gasteiger partial charge in [0.15, 0.2) is 0 Å². The molecule has 0 aliphatic heterocycles. The predicted octanol–water partition coefficient (Wildman–Crippen LogP) is 4.10. The van der Waals surface area contributed by atoms with Crippen LogP contribution in [0.2, 0.25) is 0 Å². The third-order valence-corrected chi connectivity index (χ3v) is 6.78. The van der Waals surface area contributed by atoms with Gasteiger partial charge in [0.2, 0.25) is 0 Å². The molecule has 1 unspecified atom stereocenters. The van der Waals surface area contributed by atoms with E-state index in [0.29, 0.717) is 19.5 Å². The summed E-state index contributed by atoms with van der Waals surface area (Å²) in [5.41, 5.74) is 5.58. The van der Waals surface area contributed by atoms with Gasteiger partial charge in [0, 0.05) is 24.5 Å². The van der Waals surface area contributed by atoms with Gasteiger partial charge in [0.05, 0.1) is 0 Å². The molecule has 172 valence electrons. The zero-order valence-corrected chi connectivity index (χ0v) is 20.0. The summed E-state index contributed by atoms with van der Waals surface area (Å²) in [5.74, 6) is 0.276. The molecule has 2 aliphatic carbocycles. The van der Waals surface area contributed by atoms with Crippen LogP contribution in [-0.4, -0.2) is 45.7 Å². The summed E-state index contributed by atoms with van der Waals surface area (Å²) in [6, 6.07) is 1.89. The summed E-state index contributed by atoms with van der Waals surface area (Å²) in [5, 5.41) is 3.00. The van der Waals surface area contributed by atoms with Crippen LogP contribution >= 0.6 is 0 Å². The lowest BCUT2D eigenvalue weighted by Gasteiger charge is -2.26. The van der Waals surface area contributed by atoms with Crippen LogP contribution in [0, 0.1) is 0 Å². The Bertz CT molecular complexity index is 831. The second-order valence-electron chi connectivity index (χ2n) is 9.25. The lowest BCUT2D eigenvalue weighted by Crippen LogP contribution is -2.38. The van der Waals surface area contributed by atoms with Gasteiger partial charge in [0.1, 0.15) is 16.6 Å². The summed E-state index contributed by atoms with van der Waals surface area (Å²) in [6.45, 7) is 8.30. The van der Waals surface area contributed by atoms with E-state index in [1.807, 2.05) is 27.7 Å². The molecule has 7 nitrogen and oxygen atoms in total. The third kappa shape index (κ3) is 6.21. The number of anilines is 1. The molecule has 1 atom stereocenters. The van der Waals surface area contributed by atoms with E-state index in [4.69, 9.17) is 4.74 Å². The number of nitrogens with one attached hydrogen (secondary N) is 2. The number of hydrogen-bond acceptors (Lipinski definition) is 4. The first-order valence-electron chi connectivity index (χ1n) is 11.3. The van der Waals surface area contributed by atoms with Crippen LogP contribution in [0.15, 0.2) is 6.07 Å². The van der Waals surface area contributed by atoms with Crippen LogP contribution in [0.3, 0.4) is 0 Å². The molecule has 0 aromatic heterocycles. The smallest absolute Gasteiger partial charge is 0.410 e. The first-order chi connectivity index (χ1) is 14.7. The van der Waals surface area contributed by atoms with Gasteiger partial charge < -0.3 is 15.0 Å². The molecule has 1 aromatic carbocycles. The second-order valence-corrected chi connectivity index (χ2v) is 10.6. The Morgan fingerprint density at radius 2 is 1.71 bits per heavy atom. The fraction of sp³-hybridized carbons (Fsp3) is 0.652. The molecule has 31 heavy (non-hydrogen) atoms. The zero-order chi connectivity index (χ0) is 22.6. The summed E-state index contributed by atoms with van der Waals surface area (Å²) < 4.78 is 20.3. The number of fused-ring (bicyclic) bond motifs is 2. The Kier molecular flexibility index (Phi) is 7.62. The minimum Gasteiger partial charge on any atom is -0.444 e. The van der Waals surface area contributed by atoms with Gasteiger partial charge in [-0.1, -0.05) is 6.07 Å². The van der Waals surface area contributed by atoms with Crippen molar-refractivity contribution in [2.75, 3.05) is 24.2 Å². The van der Waals surface area contributed by atoms with Crippen LogP contribution < -0.4 is 10.0 Å². The number of rotatable bonds is 7. The monoisotopic (exact) mass is 449 g/mol. The van der Waals surface area contributed by atoms with Crippen molar-refractivity contribution in [1.82, 2.24) is 9.62 Å². The van der Waals surface area contributed by atoms with Gasteiger partial charge in [-0.05, 0) is 94.9 Å². The molecule has 3 amide bonds. The fourth-order valence-corrected chi connectivity index (χ4v) is 5.10. The highest BCUT2D eigenvalue weighted by molar-refractivity contribution is 7.83. The lowest BCUT2D eigenvalue weighted by molar-refractivity contribution is 0.0260. The van der Waals surface area contributed by atoms with Gasteiger partial charge in [0.25, 0.3) is 0 Å². The molecule has 0 heterocycles. The first kappa shape index (κ1) is 23.6. The van der Waals surface area contributed by atoms with Crippen molar-refractivity contribution in [1.29, 1.82) is 0 Å². The predicted molar refractivity (Wildman–Crippen MR) is 124 cm³/mol. The number of aryl methyl sites for hydroxylation is 2. The highest BCUT2D eigenvalue weighted by Gasteiger charge is 2.25. The second kappa shape index (κ2) is 10.0. The van der Waals surface area contributed by atoms with Gasteiger partial charge in [-0.15, -0.1) is 0 Å². The summed E-state index contributed by atoms with van der Waals surface area (Å²) >= 11 is 0. The minimum absolute atomic E-state index is 0.276. The van der Waals surface area contributed by atoms with Gasteiger partial charge >= 0.3 is 12.1 Å². The average molecular weight is 450 g/mol. The highest BCUT2D eigenvalue weighted by atomic mass is 32.2. The third-order valence-electron chi connectivity index (χ3n) is 5.71. The molecule has 0 saturated carbocycles. The Labute approximate surface area is 187 Å². The van der Waals surface area contributed by atoms with Crippen molar-refractivity contribution in [3.05, 3.63) is 28.3 Å². The Balaban J connectivity index is 1.50. The van der Waals surface area contributed by atoms with Crippen LogP contribution in [0.25, 0.3) is 0 Å². The van der Waals surface area contributed by atoms with Gasteiger partial charge in [-0.25, -0.2) is 13.8 Å². The highest BCUT2D eigenvalue weighted by Crippen LogP contribution is 2.38. The summed E-state index contributed by atoms with van der Waals surface area (Å²) in [4.78, 5) is 26.3. The standard InChI is InChI=1S/C23H35N3O4S/c1-5-26(22(28)30-23(2,3)4)13-8-14-31(29)25-21(27)24-20-18-11-6-9-16(18)15-17-10-7-12-19(17)20/h15H,5-14H2,1-4H3,(H2,24,25,27). The SMILES string of the molecule is CCN(CCCS(=O)NC(=O)Nc1c2c(cc3c1CCC3)CCC2)C(=O)OC(C)(C)C. The number of hydrogen-bond donors (Lipinski definition) is 2. The molecular formula is C23H35N3O4S. The molecule has 0 bridgehead atoms.